The van der Waals surface area contributed by atoms with Crippen LogP contribution in [0.4, 0.5) is 0 Å². The van der Waals surface area contributed by atoms with Gasteiger partial charge in [-0.2, -0.15) is 0 Å². The van der Waals surface area contributed by atoms with E-state index >= 15 is 0 Å². The quantitative estimate of drug-likeness (QED) is 0.523. The Morgan fingerprint density at radius 1 is 0.769 bits per heavy atom. The van der Waals surface area contributed by atoms with Crippen molar-refractivity contribution >= 4 is 31.2 Å². The summed E-state index contributed by atoms with van der Waals surface area (Å²) in [5.41, 5.74) is 0. The molecule has 0 aliphatic rings. The zero-order valence-electron chi connectivity index (χ0n) is 7.08. The first-order valence-electron chi connectivity index (χ1n) is 3.45. The molecule has 67 valence electrons. The Labute approximate surface area is 83.6 Å². The van der Waals surface area contributed by atoms with Gasteiger partial charge in [-0.25, -0.2) is 0 Å². The van der Waals surface area contributed by atoms with Crippen molar-refractivity contribution in [3.63, 3.8) is 0 Å². The molecule has 0 heterocycles. The molecule has 0 amide bonds. The van der Waals surface area contributed by atoms with E-state index in [2.05, 4.69) is 19.7 Å². The van der Waals surface area contributed by atoms with Gasteiger partial charge in [0.15, 0.2) is 0 Å². The van der Waals surface area contributed by atoms with Crippen molar-refractivity contribution in [2.45, 2.75) is 0 Å². The molecule has 0 bridgehead atoms. The van der Waals surface area contributed by atoms with Crippen LogP contribution in [0, 0.1) is 0 Å². The Morgan fingerprint density at radius 3 is 1.15 bits per heavy atom. The van der Waals surface area contributed by atoms with Gasteiger partial charge in [-0.1, -0.05) is 0 Å². The molecule has 1 radical (unpaired) electrons. The molecule has 0 spiro atoms. The molecule has 13 heavy (non-hydrogen) atoms. The Morgan fingerprint density at radius 2 is 1.00 bits per heavy atom. The summed E-state index contributed by atoms with van der Waals surface area (Å²) < 4.78 is -1.30. The van der Waals surface area contributed by atoms with Crippen LogP contribution < -0.4 is 0 Å². The van der Waals surface area contributed by atoms with Gasteiger partial charge in [-0.15, -0.1) is 0 Å². The summed E-state index contributed by atoms with van der Waals surface area (Å²) >= 11 is -3.39. The van der Waals surface area contributed by atoms with Crippen molar-refractivity contribution in [3.05, 3.63) is 38.0 Å². The van der Waals surface area contributed by atoms with Gasteiger partial charge in [0.25, 0.3) is 0 Å². The van der Waals surface area contributed by atoms with Crippen LogP contribution >= 0.6 is 0 Å². The Balaban J connectivity index is 4.95. The average Bonchev–Trinajstić information content (AvgIpc) is 2.16. The summed E-state index contributed by atoms with van der Waals surface area (Å²) in [4.78, 5) is 33.4. The first-order chi connectivity index (χ1) is 6.08. The number of carbonyl (C=O) groups excluding carboxylic acids is 3. The Bertz CT molecular complexity index is 244. The van der Waals surface area contributed by atoms with Crippen molar-refractivity contribution in [2.24, 2.45) is 0 Å². The number of hydrogen-bond acceptors (Lipinski definition) is 3. The van der Waals surface area contributed by atoms with Crippen molar-refractivity contribution in [1.82, 2.24) is 0 Å². The molecule has 0 rings (SSSR count). The molecule has 0 unspecified atom stereocenters. The summed E-state index contributed by atoms with van der Waals surface area (Å²) in [6.45, 7) is 9.72. The first-order valence-corrected chi connectivity index (χ1v) is 7.73. The first kappa shape index (κ1) is 12.0. The maximum atomic E-state index is 11.1. The van der Waals surface area contributed by atoms with Crippen molar-refractivity contribution in [3.8, 4) is 0 Å². The van der Waals surface area contributed by atoms with E-state index in [9.17, 15) is 14.4 Å². The predicted molar refractivity (Wildman–Crippen MR) is 51.4 cm³/mol. The van der Waals surface area contributed by atoms with Gasteiger partial charge in [0.1, 0.15) is 0 Å². The normalized spacial score (nSPS) is 9.00. The van der Waals surface area contributed by atoms with Crippen molar-refractivity contribution in [2.75, 3.05) is 0 Å². The van der Waals surface area contributed by atoms with Crippen molar-refractivity contribution in [1.29, 1.82) is 0 Å². The topological polar surface area (TPSA) is 51.2 Å². The maximum absolute atomic E-state index is 11.1. The second kappa shape index (κ2) is 5.64. The van der Waals surface area contributed by atoms with Gasteiger partial charge in [-0.05, 0) is 0 Å². The van der Waals surface area contributed by atoms with Gasteiger partial charge in [0.05, 0.1) is 0 Å². The Kier molecular flexibility index (Phi) is 5.21. The molecule has 0 N–H and O–H groups in total. The van der Waals surface area contributed by atoms with Crippen LogP contribution in [0.25, 0.3) is 0 Å². The zero-order chi connectivity index (χ0) is 10.4. The molecule has 0 aliphatic heterocycles. The summed E-state index contributed by atoms with van der Waals surface area (Å²) in [6.07, 6.45) is 3.08. The molecule has 0 aliphatic carbocycles. The molecule has 0 aromatic rings. The van der Waals surface area contributed by atoms with Gasteiger partial charge < -0.3 is 0 Å². The second-order valence-electron chi connectivity index (χ2n) is 2.08. The van der Waals surface area contributed by atoms with E-state index in [-0.39, 0.29) is 0 Å². The standard InChI is InChI=1S/3C3H3O.Sn/c3*1-2-3-4;/h3*2H,1H2;. The predicted octanol–water partition coefficient (Wildman–Crippen LogP) is 0.364. The summed E-state index contributed by atoms with van der Waals surface area (Å²) in [6, 6.07) is 0. The minimum absolute atomic E-state index is 0.433. The number of carbonyl (C=O) groups is 3. The van der Waals surface area contributed by atoms with E-state index in [0.717, 1.165) is 18.2 Å². The number of rotatable bonds is 6. The van der Waals surface area contributed by atoms with Crippen LogP contribution in [0.2, 0.25) is 0 Å². The van der Waals surface area contributed by atoms with Crippen LogP contribution in [-0.2, 0) is 14.4 Å². The molecule has 0 atom stereocenters. The SMILES string of the molecule is C=C[C](=O)[Sn]([C](=O)C=C)[C](=O)C=C. The molecule has 0 aromatic heterocycles. The molecule has 3 nitrogen and oxygen atoms in total. The number of allylic oxidation sites excluding steroid dienone is 3. The van der Waals surface area contributed by atoms with E-state index in [1.807, 2.05) is 0 Å². The third-order valence-electron chi connectivity index (χ3n) is 1.30. The van der Waals surface area contributed by atoms with E-state index < -0.39 is 31.2 Å². The number of hydrogen-bond donors (Lipinski definition) is 0. The van der Waals surface area contributed by atoms with Gasteiger partial charge in [0.2, 0.25) is 0 Å². The second-order valence-corrected chi connectivity index (χ2v) is 8.44. The van der Waals surface area contributed by atoms with Gasteiger partial charge in [-0.3, -0.25) is 0 Å². The molecular formula is C9H9O3Sn. The van der Waals surface area contributed by atoms with E-state index in [1.54, 1.807) is 0 Å². The summed E-state index contributed by atoms with van der Waals surface area (Å²) in [5, 5.41) is 0. The van der Waals surface area contributed by atoms with Crippen LogP contribution in [0.3, 0.4) is 0 Å². The fourth-order valence-corrected chi connectivity index (χ4v) is 4.50. The fourth-order valence-electron chi connectivity index (χ4n) is 0.670. The van der Waals surface area contributed by atoms with E-state index in [0.29, 0.717) is 0 Å². The zero-order valence-corrected chi connectivity index (χ0v) is 9.93. The van der Waals surface area contributed by atoms with Crippen LogP contribution in [0.1, 0.15) is 0 Å². The molecular weight excluding hydrogens is 275 g/mol. The van der Waals surface area contributed by atoms with Crippen molar-refractivity contribution < 1.29 is 14.4 Å². The summed E-state index contributed by atoms with van der Waals surface area (Å²) in [7, 11) is 0. The third kappa shape index (κ3) is 3.10. The molecule has 0 aromatic carbocycles. The van der Waals surface area contributed by atoms with E-state index in [1.165, 1.54) is 0 Å². The molecule has 4 heteroatoms. The Hall–Kier alpha value is -0.971. The molecule has 0 saturated heterocycles. The van der Waals surface area contributed by atoms with Gasteiger partial charge >= 0.3 is 83.5 Å². The van der Waals surface area contributed by atoms with Gasteiger partial charge in [0, 0.05) is 0 Å². The van der Waals surface area contributed by atoms with E-state index in [4.69, 9.17) is 0 Å². The fraction of sp³-hybridized carbons (Fsp3) is 0. The monoisotopic (exact) mass is 285 g/mol. The van der Waals surface area contributed by atoms with Crippen LogP contribution in [-0.4, -0.2) is 31.2 Å². The minimum atomic E-state index is -3.39. The molecule has 0 fully saturated rings. The molecule has 0 saturated carbocycles. The summed E-state index contributed by atoms with van der Waals surface area (Å²) in [5.74, 6) is 0. The average molecular weight is 284 g/mol. The van der Waals surface area contributed by atoms with Crippen LogP contribution in [0.15, 0.2) is 38.0 Å². The van der Waals surface area contributed by atoms with Crippen LogP contribution in [0.5, 0.6) is 0 Å². The third-order valence-corrected chi connectivity index (χ3v) is 7.26.